The van der Waals surface area contributed by atoms with E-state index < -0.39 is 11.9 Å². The first-order valence-electron chi connectivity index (χ1n) is 10.8. The number of H-pyrrole nitrogens is 1. The van der Waals surface area contributed by atoms with Gasteiger partial charge in [-0.3, -0.25) is 14.7 Å². The van der Waals surface area contributed by atoms with E-state index in [2.05, 4.69) is 15.0 Å². The van der Waals surface area contributed by atoms with Gasteiger partial charge in [0, 0.05) is 19.2 Å². The fourth-order valence-electron chi connectivity index (χ4n) is 5.05. The van der Waals surface area contributed by atoms with Crippen molar-refractivity contribution in [1.82, 2.24) is 19.9 Å². The van der Waals surface area contributed by atoms with Crippen molar-refractivity contribution in [2.75, 3.05) is 19.6 Å². The summed E-state index contributed by atoms with van der Waals surface area (Å²) in [5, 5.41) is 19.4. The van der Waals surface area contributed by atoms with E-state index in [0.717, 1.165) is 37.1 Å². The minimum atomic E-state index is -0.887. The van der Waals surface area contributed by atoms with E-state index in [-0.39, 0.29) is 25.2 Å². The third kappa shape index (κ3) is 5.89. The minimum absolute atomic E-state index is 0.00112. The zero-order chi connectivity index (χ0) is 22.3. The van der Waals surface area contributed by atoms with Gasteiger partial charge in [0.05, 0.1) is 43.0 Å². The zero-order valence-corrected chi connectivity index (χ0v) is 18.0. The number of hydrogen-bond donors (Lipinski definition) is 3. The quantitative estimate of drug-likeness (QED) is 0.467. The number of hydrogen-bond acceptors (Lipinski definition) is 5. The van der Waals surface area contributed by atoms with E-state index in [0.29, 0.717) is 24.1 Å². The molecular formula is C22H32N5O4+. The van der Waals surface area contributed by atoms with Gasteiger partial charge in [0.15, 0.2) is 6.54 Å². The maximum atomic E-state index is 11.9. The second-order valence-corrected chi connectivity index (χ2v) is 8.36. The van der Waals surface area contributed by atoms with Gasteiger partial charge in [0.2, 0.25) is 0 Å². The summed E-state index contributed by atoms with van der Waals surface area (Å²) in [5.74, 6) is -1.73. The van der Waals surface area contributed by atoms with Crippen molar-refractivity contribution in [2.24, 2.45) is 0 Å². The number of rotatable bonds is 11. The molecule has 0 amide bonds. The average Bonchev–Trinajstić information content (AvgIpc) is 3.26. The Morgan fingerprint density at radius 2 is 2.03 bits per heavy atom. The highest BCUT2D eigenvalue weighted by atomic mass is 16.4. The molecule has 0 bridgehead atoms. The van der Waals surface area contributed by atoms with Crippen molar-refractivity contribution in [3.8, 4) is 0 Å². The van der Waals surface area contributed by atoms with Crippen molar-refractivity contribution < 1.29 is 24.3 Å². The molecule has 2 unspecified atom stereocenters. The number of aromatic amines is 1. The fraction of sp³-hybridized carbons (Fsp3) is 0.545. The van der Waals surface area contributed by atoms with Crippen molar-refractivity contribution >= 4 is 11.9 Å². The van der Waals surface area contributed by atoms with Gasteiger partial charge in [-0.25, -0.2) is 9.78 Å². The summed E-state index contributed by atoms with van der Waals surface area (Å²) in [4.78, 5) is 37.3. The lowest BCUT2D eigenvalue weighted by Gasteiger charge is -2.50. The van der Waals surface area contributed by atoms with Crippen LogP contribution in [0, 0.1) is 0 Å². The van der Waals surface area contributed by atoms with Gasteiger partial charge in [-0.1, -0.05) is 12.5 Å². The molecule has 1 fully saturated rings. The summed E-state index contributed by atoms with van der Waals surface area (Å²) < 4.78 is 0.362. The lowest BCUT2D eigenvalue weighted by atomic mass is 9.85. The molecule has 0 radical (unpaired) electrons. The van der Waals surface area contributed by atoms with Crippen LogP contribution in [0.5, 0.6) is 0 Å². The van der Waals surface area contributed by atoms with Gasteiger partial charge >= 0.3 is 11.9 Å². The largest absolute Gasteiger partial charge is 0.480 e. The number of nitrogens with zero attached hydrogens (tertiary/aromatic N) is 4. The van der Waals surface area contributed by atoms with Gasteiger partial charge < -0.3 is 19.7 Å². The number of aliphatic carboxylic acids is 2. The molecule has 0 aliphatic heterocycles. The maximum absolute atomic E-state index is 11.9. The van der Waals surface area contributed by atoms with Crippen LogP contribution in [0.2, 0.25) is 0 Å². The third-order valence-corrected chi connectivity index (χ3v) is 6.42. The Morgan fingerprint density at radius 1 is 1.23 bits per heavy atom. The monoisotopic (exact) mass is 430 g/mol. The maximum Gasteiger partial charge on any atom is 0.359 e. The first-order valence-corrected chi connectivity index (χ1v) is 10.8. The highest BCUT2D eigenvalue weighted by molar-refractivity contribution is 5.69. The highest BCUT2D eigenvalue weighted by Gasteiger charge is 2.46. The van der Waals surface area contributed by atoms with Crippen molar-refractivity contribution in [2.45, 2.75) is 57.8 Å². The minimum Gasteiger partial charge on any atom is -0.480 e. The summed E-state index contributed by atoms with van der Waals surface area (Å²) in [6.45, 7) is 3.49. The normalized spacial score (nSPS) is 21.0. The van der Waals surface area contributed by atoms with Gasteiger partial charge in [0.25, 0.3) is 0 Å². The molecule has 9 heteroatoms. The molecule has 1 saturated carbocycles. The summed E-state index contributed by atoms with van der Waals surface area (Å²) >= 11 is 0. The first kappa shape index (κ1) is 22.9. The number of quaternary nitrogens is 1. The van der Waals surface area contributed by atoms with Gasteiger partial charge in [-0.05, 0) is 31.9 Å². The Balaban J connectivity index is 1.96. The molecule has 3 rings (SSSR count). The van der Waals surface area contributed by atoms with E-state index in [1.165, 1.54) is 0 Å². The molecule has 0 saturated heterocycles. The van der Waals surface area contributed by atoms with Crippen LogP contribution in [0.3, 0.4) is 0 Å². The number of carbonyl (C=O) groups is 2. The van der Waals surface area contributed by atoms with E-state index in [1.807, 2.05) is 30.0 Å². The highest BCUT2D eigenvalue weighted by Crippen LogP contribution is 2.34. The molecule has 1 aliphatic carbocycles. The molecule has 2 aromatic rings. The van der Waals surface area contributed by atoms with E-state index in [4.69, 9.17) is 0 Å². The number of likely N-dealkylation sites (N-methyl/N-ethyl adjacent to an activating group) is 1. The molecular weight excluding hydrogens is 398 g/mol. The predicted molar refractivity (Wildman–Crippen MR) is 114 cm³/mol. The molecule has 3 atom stereocenters. The van der Waals surface area contributed by atoms with Gasteiger partial charge in [-0.2, -0.15) is 0 Å². The number of nitrogens with one attached hydrogen (secondary N) is 1. The van der Waals surface area contributed by atoms with Crippen molar-refractivity contribution in [3.63, 3.8) is 0 Å². The lowest BCUT2D eigenvalue weighted by molar-refractivity contribution is -0.959. The fourth-order valence-corrected chi connectivity index (χ4v) is 5.05. The smallest absolute Gasteiger partial charge is 0.359 e. The second kappa shape index (κ2) is 10.5. The Labute approximate surface area is 182 Å². The zero-order valence-electron chi connectivity index (χ0n) is 18.0. The van der Waals surface area contributed by atoms with Crippen LogP contribution in [0.25, 0.3) is 0 Å². The predicted octanol–water partition coefficient (Wildman–Crippen LogP) is 2.12. The second-order valence-electron chi connectivity index (χ2n) is 8.36. The first-order chi connectivity index (χ1) is 14.9. The topological polar surface area (TPSA) is 119 Å². The van der Waals surface area contributed by atoms with Crippen LogP contribution in [0.4, 0.5) is 0 Å². The number of carboxylic acid groups (broad SMARTS) is 2. The molecule has 168 valence electrons. The number of imidazole rings is 1. The van der Waals surface area contributed by atoms with Gasteiger partial charge in [-0.15, -0.1) is 0 Å². The van der Waals surface area contributed by atoms with E-state index in [9.17, 15) is 19.8 Å². The van der Waals surface area contributed by atoms with Crippen LogP contribution >= 0.6 is 0 Å². The van der Waals surface area contributed by atoms with Gasteiger partial charge in [0.1, 0.15) is 12.6 Å². The molecule has 0 aromatic carbocycles. The standard InChI is InChI=1S/C22H31N5O4/c1-2-27(15-22(30)31,14-18-11-23-16-25-18)20-9-4-3-8-19(20)26(13-21(28)29)12-17-7-5-6-10-24-17/h5-7,10-11,16,19-20H,2-4,8-9,12-15H2,1H3,(H2-,23,25,28,29,30,31)/p+1/t19?,20-,27?/m0/s1. The molecule has 3 N–H and O–H groups in total. The number of pyridine rings is 1. The Kier molecular flexibility index (Phi) is 7.75. The lowest BCUT2D eigenvalue weighted by Crippen LogP contribution is -2.65. The molecule has 2 aromatic heterocycles. The molecule has 1 aliphatic rings. The molecule has 9 nitrogen and oxygen atoms in total. The Bertz CT molecular complexity index is 845. The third-order valence-electron chi connectivity index (χ3n) is 6.42. The van der Waals surface area contributed by atoms with Crippen molar-refractivity contribution in [3.05, 3.63) is 48.3 Å². The van der Waals surface area contributed by atoms with Crippen LogP contribution in [-0.4, -0.2) is 78.2 Å². The summed E-state index contributed by atoms with van der Waals surface area (Å²) in [7, 11) is 0. The van der Waals surface area contributed by atoms with E-state index >= 15 is 0 Å². The van der Waals surface area contributed by atoms with Crippen LogP contribution < -0.4 is 0 Å². The molecule has 2 heterocycles. The van der Waals surface area contributed by atoms with Crippen LogP contribution in [0.1, 0.15) is 44.0 Å². The van der Waals surface area contributed by atoms with E-state index in [1.54, 1.807) is 18.7 Å². The summed E-state index contributed by atoms with van der Waals surface area (Å²) in [6, 6.07) is 5.59. The summed E-state index contributed by atoms with van der Waals surface area (Å²) in [5.41, 5.74) is 1.71. The molecule has 0 spiro atoms. The van der Waals surface area contributed by atoms with Crippen molar-refractivity contribution in [1.29, 1.82) is 0 Å². The average molecular weight is 431 g/mol. The number of aromatic nitrogens is 3. The number of carboxylic acids is 2. The SMILES string of the molecule is CC[N+](CC(=O)O)(Cc1cnc[nH]1)[C@H]1CCCCC1N(CC(=O)O)Cc1ccccn1. The summed E-state index contributed by atoms with van der Waals surface area (Å²) in [6.07, 6.45) is 8.77. The Hall–Kier alpha value is -2.78. The van der Waals surface area contributed by atoms with Crippen LogP contribution in [0.15, 0.2) is 36.9 Å². The van der Waals surface area contributed by atoms with Crippen LogP contribution in [-0.2, 0) is 22.7 Å². The Morgan fingerprint density at radius 3 is 2.65 bits per heavy atom. The molecule has 31 heavy (non-hydrogen) atoms.